The van der Waals surface area contributed by atoms with E-state index >= 15 is 0 Å². The van der Waals surface area contributed by atoms with Crippen molar-refractivity contribution in [2.45, 2.75) is 116 Å². The first-order valence-electron chi connectivity index (χ1n) is 12.6. The Morgan fingerprint density at radius 2 is 1.84 bits per heavy atom. The van der Waals surface area contributed by atoms with E-state index in [4.69, 9.17) is 0 Å². The van der Waals surface area contributed by atoms with E-state index in [0.717, 1.165) is 44.9 Å². The first-order valence-corrected chi connectivity index (χ1v) is 12.6. The van der Waals surface area contributed by atoms with Crippen LogP contribution in [-0.2, 0) is 0 Å². The van der Waals surface area contributed by atoms with Crippen molar-refractivity contribution >= 4 is 0 Å². The molecule has 0 aromatic carbocycles. The minimum absolute atomic E-state index is 0.169. The molecule has 0 bridgehead atoms. The van der Waals surface area contributed by atoms with E-state index in [1.54, 1.807) is 0 Å². The standard InChI is InChI=1S/C26H41F3O2/c1-4-25(31)15-14-24(3)18(16-25)8-10-19-20-11-9-17(23(20,2)13-12-21(19)24)6-5-7-22(30)26(27,28)29/h8,17,19-22,30-31H,4-7,9-16H2,1-3H3/t17-,19?,20-,21?,22?,23?,24?,25-/m0/s1. The van der Waals surface area contributed by atoms with Gasteiger partial charge in [0.25, 0.3) is 0 Å². The molecule has 4 aliphatic rings. The van der Waals surface area contributed by atoms with Crippen molar-refractivity contribution in [3.05, 3.63) is 11.6 Å². The highest BCUT2D eigenvalue weighted by Crippen LogP contribution is 2.67. The normalized spacial score (nSPS) is 46.0. The van der Waals surface area contributed by atoms with Crippen LogP contribution >= 0.6 is 0 Å². The molecular formula is C26H41F3O2. The predicted octanol–water partition coefficient (Wildman–Crippen LogP) is 6.80. The summed E-state index contributed by atoms with van der Waals surface area (Å²) in [7, 11) is 0. The van der Waals surface area contributed by atoms with E-state index in [0.29, 0.717) is 30.1 Å². The fraction of sp³-hybridized carbons (Fsp3) is 0.923. The summed E-state index contributed by atoms with van der Waals surface area (Å²) in [5.74, 6) is 2.49. The second kappa shape index (κ2) is 8.04. The Bertz CT molecular complexity index is 703. The molecule has 0 spiro atoms. The van der Waals surface area contributed by atoms with Gasteiger partial charge in [-0.15, -0.1) is 0 Å². The van der Waals surface area contributed by atoms with Gasteiger partial charge in [-0.05, 0) is 105 Å². The van der Waals surface area contributed by atoms with E-state index in [1.165, 1.54) is 24.8 Å². The number of aliphatic hydroxyl groups excluding tert-OH is 1. The lowest BCUT2D eigenvalue weighted by molar-refractivity contribution is -0.205. The fourth-order valence-corrected chi connectivity index (χ4v) is 8.32. The van der Waals surface area contributed by atoms with Crippen LogP contribution < -0.4 is 0 Å². The van der Waals surface area contributed by atoms with Crippen molar-refractivity contribution in [2.75, 3.05) is 0 Å². The van der Waals surface area contributed by atoms with Crippen molar-refractivity contribution in [1.29, 1.82) is 0 Å². The van der Waals surface area contributed by atoms with Crippen LogP contribution in [0, 0.1) is 34.5 Å². The number of rotatable bonds is 5. The van der Waals surface area contributed by atoms with Gasteiger partial charge in [-0.25, -0.2) is 0 Å². The zero-order chi connectivity index (χ0) is 22.7. The molecule has 178 valence electrons. The van der Waals surface area contributed by atoms with E-state index in [2.05, 4.69) is 26.8 Å². The lowest BCUT2D eigenvalue weighted by Gasteiger charge is -2.59. The molecule has 5 unspecified atom stereocenters. The zero-order valence-electron chi connectivity index (χ0n) is 19.5. The van der Waals surface area contributed by atoms with Gasteiger partial charge in [0.15, 0.2) is 0 Å². The van der Waals surface area contributed by atoms with Crippen LogP contribution in [0.15, 0.2) is 11.6 Å². The van der Waals surface area contributed by atoms with E-state index in [-0.39, 0.29) is 17.3 Å². The Morgan fingerprint density at radius 1 is 1.10 bits per heavy atom. The van der Waals surface area contributed by atoms with Crippen molar-refractivity contribution in [3.8, 4) is 0 Å². The maximum Gasteiger partial charge on any atom is 0.414 e. The van der Waals surface area contributed by atoms with Gasteiger partial charge in [0.05, 0.1) is 5.60 Å². The van der Waals surface area contributed by atoms with Crippen LogP contribution in [0.4, 0.5) is 13.2 Å². The van der Waals surface area contributed by atoms with Crippen molar-refractivity contribution in [2.24, 2.45) is 34.5 Å². The largest absolute Gasteiger partial charge is 0.414 e. The summed E-state index contributed by atoms with van der Waals surface area (Å²) in [4.78, 5) is 0. The first kappa shape index (κ1) is 23.6. The fourth-order valence-electron chi connectivity index (χ4n) is 8.32. The molecule has 0 radical (unpaired) electrons. The Morgan fingerprint density at radius 3 is 2.52 bits per heavy atom. The summed E-state index contributed by atoms with van der Waals surface area (Å²) >= 11 is 0. The maximum absolute atomic E-state index is 12.7. The SMILES string of the molecule is CC[C@]1(O)CCC2(C)C(=CCC3C2CCC2(C)[C@@H](CCCC(O)C(F)(F)F)CC[C@@H]32)C1. The molecule has 8 atom stereocenters. The summed E-state index contributed by atoms with van der Waals surface area (Å²) < 4.78 is 38.0. The van der Waals surface area contributed by atoms with Crippen LogP contribution in [0.2, 0.25) is 0 Å². The number of aliphatic hydroxyl groups is 2. The average molecular weight is 443 g/mol. The molecule has 0 heterocycles. The van der Waals surface area contributed by atoms with E-state index < -0.39 is 17.9 Å². The summed E-state index contributed by atoms with van der Waals surface area (Å²) in [6.45, 7) is 6.94. The summed E-state index contributed by atoms with van der Waals surface area (Å²) in [6.07, 6.45) is 6.30. The number of hydrogen-bond donors (Lipinski definition) is 2. The molecule has 4 rings (SSSR count). The molecule has 4 aliphatic carbocycles. The number of allylic oxidation sites excluding steroid dienone is 1. The van der Waals surface area contributed by atoms with E-state index in [1.807, 2.05) is 0 Å². The number of fused-ring (bicyclic) bond motifs is 5. The molecule has 2 N–H and O–H groups in total. The van der Waals surface area contributed by atoms with Gasteiger partial charge < -0.3 is 10.2 Å². The van der Waals surface area contributed by atoms with Crippen LogP contribution in [-0.4, -0.2) is 28.1 Å². The molecule has 0 aliphatic heterocycles. The summed E-state index contributed by atoms with van der Waals surface area (Å²) in [6, 6.07) is 0. The van der Waals surface area contributed by atoms with Crippen molar-refractivity contribution in [3.63, 3.8) is 0 Å². The third-order valence-electron chi connectivity index (χ3n) is 10.5. The molecular weight excluding hydrogens is 401 g/mol. The third-order valence-corrected chi connectivity index (χ3v) is 10.5. The van der Waals surface area contributed by atoms with Crippen molar-refractivity contribution < 1.29 is 23.4 Å². The molecule has 3 fully saturated rings. The van der Waals surface area contributed by atoms with Gasteiger partial charge in [0, 0.05) is 0 Å². The zero-order valence-corrected chi connectivity index (χ0v) is 19.5. The van der Waals surface area contributed by atoms with Crippen molar-refractivity contribution in [1.82, 2.24) is 0 Å². The highest BCUT2D eigenvalue weighted by molar-refractivity contribution is 5.27. The molecule has 3 saturated carbocycles. The quantitative estimate of drug-likeness (QED) is 0.460. The Balaban J connectivity index is 1.45. The minimum Gasteiger partial charge on any atom is -0.390 e. The Kier molecular flexibility index (Phi) is 6.12. The monoisotopic (exact) mass is 442 g/mol. The highest BCUT2D eigenvalue weighted by atomic mass is 19.4. The lowest BCUT2D eigenvalue weighted by Crippen LogP contribution is -2.52. The van der Waals surface area contributed by atoms with Crippen LogP contribution in [0.5, 0.6) is 0 Å². The van der Waals surface area contributed by atoms with Crippen LogP contribution in [0.3, 0.4) is 0 Å². The van der Waals surface area contributed by atoms with Gasteiger partial charge in [0.2, 0.25) is 0 Å². The highest BCUT2D eigenvalue weighted by Gasteiger charge is 2.59. The second-order valence-corrected chi connectivity index (χ2v) is 11.8. The van der Waals surface area contributed by atoms with Gasteiger partial charge in [0.1, 0.15) is 6.10 Å². The predicted molar refractivity (Wildman–Crippen MR) is 116 cm³/mol. The maximum atomic E-state index is 12.7. The van der Waals surface area contributed by atoms with Gasteiger partial charge in [-0.2, -0.15) is 13.2 Å². The molecule has 0 saturated heterocycles. The molecule has 31 heavy (non-hydrogen) atoms. The topological polar surface area (TPSA) is 40.5 Å². The van der Waals surface area contributed by atoms with Gasteiger partial charge >= 0.3 is 6.18 Å². The summed E-state index contributed by atoms with van der Waals surface area (Å²) in [5.41, 5.74) is 1.40. The molecule has 0 aromatic heterocycles. The van der Waals surface area contributed by atoms with Crippen LogP contribution in [0.1, 0.15) is 97.8 Å². The second-order valence-electron chi connectivity index (χ2n) is 11.8. The number of alkyl halides is 3. The smallest absolute Gasteiger partial charge is 0.390 e. The van der Waals surface area contributed by atoms with Gasteiger partial charge in [-0.1, -0.05) is 38.8 Å². The third kappa shape index (κ3) is 4.00. The minimum atomic E-state index is -4.49. The first-order chi connectivity index (χ1) is 14.4. The molecule has 5 heteroatoms. The molecule has 2 nitrogen and oxygen atoms in total. The van der Waals surface area contributed by atoms with Crippen LogP contribution in [0.25, 0.3) is 0 Å². The number of hydrogen-bond acceptors (Lipinski definition) is 2. The Hall–Kier alpha value is -0.550. The average Bonchev–Trinajstić information content (AvgIpc) is 3.04. The lowest BCUT2D eigenvalue weighted by atomic mass is 9.46. The van der Waals surface area contributed by atoms with E-state index in [9.17, 15) is 23.4 Å². The molecule has 0 aromatic rings. The number of halogens is 3. The molecule has 0 amide bonds. The van der Waals surface area contributed by atoms with Gasteiger partial charge in [-0.3, -0.25) is 0 Å². The Labute approximate surface area is 185 Å². The summed E-state index contributed by atoms with van der Waals surface area (Å²) in [5, 5.41) is 20.3.